The van der Waals surface area contributed by atoms with E-state index in [-0.39, 0.29) is 19.8 Å². The Balaban J connectivity index is 3.05. The zero-order valence-corrected chi connectivity index (χ0v) is 13.5. The largest absolute Gasteiger partial charge is 0.464 e. The molecule has 0 amide bonds. The minimum atomic E-state index is -3.67. The topological polar surface area (TPSA) is 73.9 Å². The van der Waals surface area contributed by atoms with Crippen molar-refractivity contribution in [3.05, 3.63) is 30.3 Å². The molecule has 0 saturated heterocycles. The van der Waals surface area contributed by atoms with Crippen molar-refractivity contribution in [1.82, 2.24) is 0 Å². The van der Waals surface area contributed by atoms with Gasteiger partial charge in [0, 0.05) is 5.69 Å². The zero-order valence-electron chi connectivity index (χ0n) is 12.6. The Morgan fingerprint density at radius 1 is 1.10 bits per heavy atom. The summed E-state index contributed by atoms with van der Waals surface area (Å²) < 4.78 is 28.3. The summed E-state index contributed by atoms with van der Waals surface area (Å²) in [4.78, 5) is 12.1. The highest BCUT2D eigenvalue weighted by atomic mass is 31.2. The molecule has 0 spiro atoms. The number of hydrogen-bond donors (Lipinski definition) is 1. The van der Waals surface area contributed by atoms with Crippen LogP contribution in [0.1, 0.15) is 20.8 Å². The van der Waals surface area contributed by atoms with E-state index >= 15 is 0 Å². The van der Waals surface area contributed by atoms with Gasteiger partial charge in [-0.2, -0.15) is 0 Å². The molecule has 1 aromatic carbocycles. The standard InChI is InChI=1S/C14H22NO5P/c1-4-18-14(16)13(15-12-10-8-7-9-11-12)21(17,19-5-2)20-6-3/h7-11,13,15H,4-6H2,1-3H3. The Morgan fingerprint density at radius 2 is 1.67 bits per heavy atom. The van der Waals surface area contributed by atoms with E-state index in [1.54, 1.807) is 45.0 Å². The van der Waals surface area contributed by atoms with Crippen molar-refractivity contribution < 1.29 is 23.1 Å². The summed E-state index contributed by atoms with van der Waals surface area (Å²) in [5, 5.41) is 2.89. The molecule has 0 heterocycles. The second-order valence-corrected chi connectivity index (χ2v) is 6.15. The molecule has 21 heavy (non-hydrogen) atoms. The Kier molecular flexibility index (Phi) is 7.43. The first-order valence-electron chi connectivity index (χ1n) is 6.94. The predicted molar refractivity (Wildman–Crippen MR) is 81.3 cm³/mol. The minimum absolute atomic E-state index is 0.170. The molecule has 0 aliphatic rings. The maximum absolute atomic E-state index is 12.8. The van der Waals surface area contributed by atoms with E-state index in [1.165, 1.54) is 0 Å². The number of ether oxygens (including phenoxy) is 1. The Hall–Kier alpha value is -1.36. The minimum Gasteiger partial charge on any atom is -0.464 e. The average Bonchev–Trinajstić information content (AvgIpc) is 2.46. The maximum atomic E-state index is 12.8. The molecule has 7 heteroatoms. The molecule has 1 unspecified atom stereocenters. The summed E-state index contributed by atoms with van der Waals surface area (Å²) in [6.07, 6.45) is 0. The van der Waals surface area contributed by atoms with Gasteiger partial charge in [0.05, 0.1) is 19.8 Å². The van der Waals surface area contributed by atoms with E-state index in [0.29, 0.717) is 5.69 Å². The van der Waals surface area contributed by atoms with Crippen LogP contribution in [0.15, 0.2) is 30.3 Å². The van der Waals surface area contributed by atoms with Crippen LogP contribution < -0.4 is 5.32 Å². The van der Waals surface area contributed by atoms with Gasteiger partial charge >= 0.3 is 13.6 Å². The number of rotatable bonds is 9. The molecular weight excluding hydrogens is 293 g/mol. The molecule has 118 valence electrons. The highest BCUT2D eigenvalue weighted by Crippen LogP contribution is 2.53. The van der Waals surface area contributed by atoms with Gasteiger partial charge in [-0.15, -0.1) is 0 Å². The van der Waals surface area contributed by atoms with Gasteiger partial charge in [0.25, 0.3) is 0 Å². The van der Waals surface area contributed by atoms with Crippen molar-refractivity contribution in [2.75, 3.05) is 25.1 Å². The van der Waals surface area contributed by atoms with Crippen LogP contribution in [0, 0.1) is 0 Å². The molecule has 0 fully saturated rings. The SMILES string of the molecule is CCOC(=O)C(Nc1ccccc1)P(=O)(OCC)OCC. The average molecular weight is 315 g/mol. The van der Waals surface area contributed by atoms with E-state index in [1.807, 2.05) is 6.07 Å². The van der Waals surface area contributed by atoms with Gasteiger partial charge in [-0.1, -0.05) is 18.2 Å². The smallest absolute Gasteiger partial charge is 0.364 e. The van der Waals surface area contributed by atoms with Crippen LogP contribution in [0.5, 0.6) is 0 Å². The number of carbonyl (C=O) groups is 1. The molecule has 0 aliphatic heterocycles. The Bertz CT molecular complexity index is 470. The zero-order chi connectivity index (χ0) is 15.7. The second-order valence-electron chi connectivity index (χ2n) is 4.04. The highest BCUT2D eigenvalue weighted by Gasteiger charge is 2.42. The lowest BCUT2D eigenvalue weighted by molar-refractivity contribution is -0.142. The number of nitrogens with one attached hydrogen (secondary N) is 1. The van der Waals surface area contributed by atoms with Gasteiger partial charge in [0.2, 0.25) is 5.78 Å². The van der Waals surface area contributed by atoms with Crippen LogP contribution in [-0.4, -0.2) is 31.6 Å². The van der Waals surface area contributed by atoms with Crippen molar-refractivity contribution in [3.63, 3.8) is 0 Å². The highest BCUT2D eigenvalue weighted by molar-refractivity contribution is 7.55. The maximum Gasteiger partial charge on any atom is 0.364 e. The van der Waals surface area contributed by atoms with Gasteiger partial charge in [-0.25, -0.2) is 4.79 Å². The molecule has 0 bridgehead atoms. The van der Waals surface area contributed by atoms with E-state index in [4.69, 9.17) is 13.8 Å². The van der Waals surface area contributed by atoms with Gasteiger partial charge in [-0.3, -0.25) is 4.57 Å². The third-order valence-electron chi connectivity index (χ3n) is 2.52. The van der Waals surface area contributed by atoms with E-state index < -0.39 is 19.3 Å². The number of benzene rings is 1. The predicted octanol–water partition coefficient (Wildman–Crippen LogP) is 3.25. The molecule has 1 aromatic rings. The van der Waals surface area contributed by atoms with Crippen molar-refractivity contribution in [2.45, 2.75) is 26.6 Å². The fourth-order valence-corrected chi connectivity index (χ4v) is 3.46. The molecule has 1 rings (SSSR count). The van der Waals surface area contributed by atoms with Gasteiger partial charge in [0.1, 0.15) is 0 Å². The van der Waals surface area contributed by atoms with Crippen LogP contribution in [-0.2, 0) is 23.1 Å². The van der Waals surface area contributed by atoms with Gasteiger partial charge < -0.3 is 19.1 Å². The quantitative estimate of drug-likeness (QED) is 0.557. The molecule has 0 aliphatic carbocycles. The monoisotopic (exact) mass is 315 g/mol. The van der Waals surface area contributed by atoms with Gasteiger partial charge in [-0.05, 0) is 32.9 Å². The van der Waals surface area contributed by atoms with Crippen LogP contribution in [0.2, 0.25) is 0 Å². The Morgan fingerprint density at radius 3 is 2.14 bits per heavy atom. The molecule has 0 radical (unpaired) electrons. The van der Waals surface area contributed by atoms with Crippen molar-refractivity contribution in [3.8, 4) is 0 Å². The lowest BCUT2D eigenvalue weighted by Gasteiger charge is -2.26. The fourth-order valence-electron chi connectivity index (χ4n) is 1.73. The number of carbonyl (C=O) groups excluding carboxylic acids is 1. The summed E-state index contributed by atoms with van der Waals surface area (Å²) in [6, 6.07) is 8.96. The first-order chi connectivity index (χ1) is 10.1. The van der Waals surface area contributed by atoms with Crippen molar-refractivity contribution in [2.24, 2.45) is 0 Å². The lowest BCUT2D eigenvalue weighted by atomic mass is 10.3. The van der Waals surface area contributed by atoms with E-state index in [9.17, 15) is 9.36 Å². The second kappa shape index (κ2) is 8.82. The molecule has 0 aromatic heterocycles. The molecule has 1 atom stereocenters. The van der Waals surface area contributed by atoms with Gasteiger partial charge in [0.15, 0.2) is 0 Å². The molecular formula is C14H22NO5P. The summed E-state index contributed by atoms with van der Waals surface area (Å²) >= 11 is 0. The normalized spacial score (nSPS) is 12.7. The summed E-state index contributed by atoms with van der Waals surface area (Å²) in [5.41, 5.74) is 0.634. The number of hydrogen-bond acceptors (Lipinski definition) is 6. The fraction of sp³-hybridized carbons (Fsp3) is 0.500. The van der Waals surface area contributed by atoms with Crippen LogP contribution in [0.25, 0.3) is 0 Å². The van der Waals surface area contributed by atoms with Crippen LogP contribution in [0.4, 0.5) is 5.69 Å². The van der Waals surface area contributed by atoms with E-state index in [2.05, 4.69) is 5.32 Å². The van der Waals surface area contributed by atoms with Crippen LogP contribution in [0.3, 0.4) is 0 Å². The lowest BCUT2D eigenvalue weighted by Crippen LogP contribution is -2.33. The molecule has 0 saturated carbocycles. The van der Waals surface area contributed by atoms with Crippen LogP contribution >= 0.6 is 7.60 Å². The first kappa shape index (κ1) is 17.7. The number of esters is 1. The molecule has 6 nitrogen and oxygen atoms in total. The summed E-state index contributed by atoms with van der Waals surface area (Å²) in [7, 11) is -3.67. The Labute approximate surface area is 125 Å². The van der Waals surface area contributed by atoms with Crippen molar-refractivity contribution in [1.29, 1.82) is 0 Å². The molecule has 1 N–H and O–H groups in total. The third-order valence-corrected chi connectivity index (χ3v) is 4.73. The summed E-state index contributed by atoms with van der Waals surface area (Å²) in [5.74, 6) is -1.86. The number of para-hydroxylation sites is 1. The summed E-state index contributed by atoms with van der Waals surface area (Å²) in [6.45, 7) is 5.59. The third kappa shape index (κ3) is 5.16. The van der Waals surface area contributed by atoms with Crippen molar-refractivity contribution >= 4 is 19.3 Å². The van der Waals surface area contributed by atoms with E-state index in [0.717, 1.165) is 0 Å². The number of anilines is 1. The first-order valence-corrected chi connectivity index (χ1v) is 8.55.